The molecule has 0 fully saturated rings. The van der Waals surface area contributed by atoms with Crippen molar-refractivity contribution < 1.29 is 13.2 Å². The highest BCUT2D eigenvalue weighted by Gasteiger charge is 2.31. The Bertz CT molecular complexity index is 278. The zero-order valence-corrected chi connectivity index (χ0v) is 6.84. The van der Waals surface area contributed by atoms with E-state index in [4.69, 9.17) is 5.73 Å². The lowest BCUT2D eigenvalue weighted by molar-refractivity contribution is -0.138. The van der Waals surface area contributed by atoms with E-state index in [9.17, 15) is 13.2 Å². The van der Waals surface area contributed by atoms with Crippen molar-refractivity contribution >= 4 is 0 Å². The summed E-state index contributed by atoms with van der Waals surface area (Å²) in [6, 6.07) is -0.456. The van der Waals surface area contributed by atoms with Crippen molar-refractivity contribution in [2.24, 2.45) is 5.73 Å². The lowest BCUT2D eigenvalue weighted by Gasteiger charge is -2.07. The maximum Gasteiger partial charge on any atom is 0.419 e. The van der Waals surface area contributed by atoms with Gasteiger partial charge in [0.05, 0.1) is 11.6 Å². The second kappa shape index (κ2) is 3.29. The number of rotatable bonds is 1. The van der Waals surface area contributed by atoms with Crippen LogP contribution < -0.4 is 5.73 Å². The molecule has 0 saturated heterocycles. The van der Waals surface area contributed by atoms with Crippen molar-refractivity contribution in [2.75, 3.05) is 0 Å². The van der Waals surface area contributed by atoms with Crippen LogP contribution in [0.5, 0.6) is 0 Å². The molecule has 72 valence electrons. The van der Waals surface area contributed by atoms with Crippen molar-refractivity contribution in [1.29, 1.82) is 0 Å². The summed E-state index contributed by atoms with van der Waals surface area (Å²) < 4.78 is 36.0. The molecular weight excluding hydrogens is 183 g/mol. The smallest absolute Gasteiger partial charge is 0.322 e. The summed E-state index contributed by atoms with van der Waals surface area (Å²) in [6.07, 6.45) is -2.94. The Hall–Kier alpha value is -1.17. The van der Waals surface area contributed by atoms with E-state index in [-0.39, 0.29) is 5.82 Å². The zero-order valence-electron chi connectivity index (χ0n) is 6.84. The molecule has 0 aliphatic heterocycles. The monoisotopic (exact) mass is 191 g/mol. The van der Waals surface area contributed by atoms with E-state index >= 15 is 0 Å². The molecule has 0 spiro atoms. The number of halogens is 3. The minimum Gasteiger partial charge on any atom is -0.322 e. The third kappa shape index (κ3) is 2.38. The molecule has 13 heavy (non-hydrogen) atoms. The molecule has 0 bridgehead atoms. The van der Waals surface area contributed by atoms with Crippen molar-refractivity contribution in [3.05, 3.63) is 23.8 Å². The Labute approximate surface area is 72.8 Å². The fourth-order valence-corrected chi connectivity index (χ4v) is 0.720. The lowest BCUT2D eigenvalue weighted by Crippen LogP contribution is -2.12. The fourth-order valence-electron chi connectivity index (χ4n) is 0.720. The van der Waals surface area contributed by atoms with Crippen LogP contribution in [0, 0.1) is 0 Å². The Kier molecular flexibility index (Phi) is 2.51. The lowest BCUT2D eigenvalue weighted by atomic mass is 10.3. The van der Waals surface area contributed by atoms with Crippen LogP contribution in [-0.4, -0.2) is 9.97 Å². The highest BCUT2D eigenvalue weighted by molar-refractivity contribution is 5.10. The minimum absolute atomic E-state index is 0.202. The third-order valence-corrected chi connectivity index (χ3v) is 1.41. The van der Waals surface area contributed by atoms with Gasteiger partial charge in [-0.15, -0.1) is 0 Å². The molecule has 0 aliphatic rings. The van der Waals surface area contributed by atoms with Crippen LogP contribution in [0.3, 0.4) is 0 Å². The van der Waals surface area contributed by atoms with Gasteiger partial charge in [0, 0.05) is 12.4 Å². The maximum absolute atomic E-state index is 12.0. The molecule has 0 unspecified atom stereocenters. The molecule has 0 aliphatic carbocycles. The fraction of sp³-hybridized carbons (Fsp3) is 0.429. The first kappa shape index (κ1) is 9.91. The predicted octanol–water partition coefficient (Wildman–Crippen LogP) is 1.52. The van der Waals surface area contributed by atoms with Crippen molar-refractivity contribution in [1.82, 2.24) is 9.97 Å². The summed E-state index contributed by atoms with van der Waals surface area (Å²) in [5.41, 5.74) is 4.50. The number of nitrogens with two attached hydrogens (primary N) is 1. The van der Waals surface area contributed by atoms with E-state index in [1.54, 1.807) is 6.92 Å². The van der Waals surface area contributed by atoms with Gasteiger partial charge in [-0.3, -0.25) is 0 Å². The molecule has 2 N–H and O–H groups in total. The average molecular weight is 191 g/mol. The van der Waals surface area contributed by atoms with Gasteiger partial charge in [-0.1, -0.05) is 0 Å². The van der Waals surface area contributed by atoms with Gasteiger partial charge >= 0.3 is 6.18 Å². The van der Waals surface area contributed by atoms with Crippen LogP contribution in [0.2, 0.25) is 0 Å². The first-order valence-corrected chi connectivity index (χ1v) is 3.56. The van der Waals surface area contributed by atoms with Gasteiger partial charge in [-0.05, 0) is 6.92 Å². The number of aromatic nitrogens is 2. The Morgan fingerprint density at radius 3 is 2.08 bits per heavy atom. The van der Waals surface area contributed by atoms with E-state index in [1.807, 2.05) is 0 Å². The maximum atomic E-state index is 12.0. The molecular formula is C7H8F3N3. The van der Waals surface area contributed by atoms with Gasteiger partial charge in [-0.25, -0.2) is 9.97 Å². The van der Waals surface area contributed by atoms with E-state index in [0.29, 0.717) is 0 Å². The van der Waals surface area contributed by atoms with Crippen molar-refractivity contribution in [3.8, 4) is 0 Å². The molecule has 0 saturated carbocycles. The van der Waals surface area contributed by atoms with Crippen LogP contribution in [0.25, 0.3) is 0 Å². The molecule has 1 rings (SSSR count). The third-order valence-electron chi connectivity index (χ3n) is 1.41. The van der Waals surface area contributed by atoms with Crippen molar-refractivity contribution in [2.45, 2.75) is 19.1 Å². The molecule has 1 aromatic heterocycles. The van der Waals surface area contributed by atoms with Crippen LogP contribution >= 0.6 is 0 Å². The molecule has 6 heteroatoms. The van der Waals surface area contributed by atoms with E-state index in [2.05, 4.69) is 9.97 Å². The SMILES string of the molecule is C[C@H](N)c1ncc(C(F)(F)F)cn1. The number of alkyl halides is 3. The van der Waals surface area contributed by atoms with Gasteiger partial charge in [0.1, 0.15) is 5.82 Å². The number of hydrogen-bond donors (Lipinski definition) is 1. The summed E-state index contributed by atoms with van der Waals surface area (Å²) in [5, 5.41) is 0. The van der Waals surface area contributed by atoms with Gasteiger partial charge < -0.3 is 5.73 Å². The highest BCUT2D eigenvalue weighted by atomic mass is 19.4. The van der Waals surface area contributed by atoms with Gasteiger partial charge in [0.2, 0.25) is 0 Å². The first-order valence-electron chi connectivity index (χ1n) is 3.56. The minimum atomic E-state index is -4.39. The Balaban J connectivity index is 2.94. The first-order chi connectivity index (χ1) is 5.91. The van der Waals surface area contributed by atoms with Gasteiger partial charge in [-0.2, -0.15) is 13.2 Å². The van der Waals surface area contributed by atoms with E-state index in [0.717, 1.165) is 12.4 Å². The zero-order chi connectivity index (χ0) is 10.1. The second-order valence-electron chi connectivity index (χ2n) is 2.62. The topological polar surface area (TPSA) is 51.8 Å². The van der Waals surface area contributed by atoms with Crippen LogP contribution in [-0.2, 0) is 6.18 Å². The Morgan fingerprint density at radius 2 is 1.77 bits per heavy atom. The normalized spacial score (nSPS) is 14.2. The number of nitrogens with zero attached hydrogens (tertiary/aromatic N) is 2. The molecule has 1 heterocycles. The predicted molar refractivity (Wildman–Crippen MR) is 39.6 cm³/mol. The molecule has 0 aromatic carbocycles. The van der Waals surface area contributed by atoms with Gasteiger partial charge in [0.25, 0.3) is 0 Å². The number of hydrogen-bond acceptors (Lipinski definition) is 3. The highest BCUT2D eigenvalue weighted by Crippen LogP contribution is 2.27. The molecule has 1 atom stereocenters. The summed E-state index contributed by atoms with van der Waals surface area (Å²) in [4.78, 5) is 6.98. The average Bonchev–Trinajstić information content (AvgIpc) is 2.03. The largest absolute Gasteiger partial charge is 0.419 e. The van der Waals surface area contributed by atoms with Gasteiger partial charge in [0.15, 0.2) is 0 Å². The van der Waals surface area contributed by atoms with Crippen LogP contribution in [0.15, 0.2) is 12.4 Å². The van der Waals surface area contributed by atoms with E-state index < -0.39 is 17.8 Å². The molecule has 0 amide bonds. The Morgan fingerprint density at radius 1 is 1.31 bits per heavy atom. The van der Waals surface area contributed by atoms with Crippen LogP contribution in [0.4, 0.5) is 13.2 Å². The summed E-state index contributed by atoms with van der Waals surface area (Å²) in [5.74, 6) is 0.202. The van der Waals surface area contributed by atoms with Crippen molar-refractivity contribution in [3.63, 3.8) is 0 Å². The standard InChI is InChI=1S/C7H8F3N3/c1-4(11)6-12-2-5(3-13-6)7(8,9)10/h2-4H,11H2,1H3/t4-/m0/s1. The molecule has 3 nitrogen and oxygen atoms in total. The van der Waals surface area contributed by atoms with Crippen LogP contribution in [0.1, 0.15) is 24.4 Å². The summed E-state index contributed by atoms with van der Waals surface area (Å²) in [6.45, 7) is 1.60. The molecule has 1 aromatic rings. The summed E-state index contributed by atoms with van der Waals surface area (Å²) >= 11 is 0. The second-order valence-corrected chi connectivity index (χ2v) is 2.62. The molecule has 0 radical (unpaired) electrons. The summed E-state index contributed by atoms with van der Waals surface area (Å²) in [7, 11) is 0. The quantitative estimate of drug-likeness (QED) is 0.732. The van der Waals surface area contributed by atoms with E-state index in [1.165, 1.54) is 0 Å².